The molecule has 2 aromatic rings. The first-order valence-electron chi connectivity index (χ1n) is 8.68. The van der Waals surface area contributed by atoms with Crippen LogP contribution < -0.4 is 9.62 Å². The molecule has 2 rings (SSSR count). The summed E-state index contributed by atoms with van der Waals surface area (Å²) in [5, 5.41) is 10.3. The van der Waals surface area contributed by atoms with Crippen LogP contribution in [0.1, 0.15) is 25.7 Å². The zero-order valence-corrected chi connectivity index (χ0v) is 16.1. The third-order valence-corrected chi connectivity index (χ3v) is 5.75. The van der Waals surface area contributed by atoms with Gasteiger partial charge in [-0.25, -0.2) is 13.1 Å². The fourth-order valence-electron chi connectivity index (χ4n) is 2.88. The molecule has 0 heterocycles. The largest absolute Gasteiger partial charge is 0.389 e. The first-order valence-corrected chi connectivity index (χ1v) is 10.2. The second-order valence-corrected chi connectivity index (χ2v) is 8.16. The molecule has 0 saturated carbocycles. The highest BCUT2D eigenvalue weighted by Gasteiger charge is 2.17. The highest BCUT2D eigenvalue weighted by molar-refractivity contribution is 7.89. The number of unbranched alkanes of at least 4 members (excludes halogenated alkanes) is 2. The topological polar surface area (TPSA) is 86.7 Å². The molecule has 0 saturated heterocycles. The van der Waals surface area contributed by atoms with Crippen molar-refractivity contribution in [2.75, 3.05) is 32.1 Å². The number of rotatable bonds is 10. The lowest BCUT2D eigenvalue weighted by Crippen LogP contribution is -2.25. The summed E-state index contributed by atoms with van der Waals surface area (Å²) in [4.78, 5) is 13.3. The number of fused-ring (bicyclic) bond motifs is 1. The molecular weight excluding hydrogens is 352 g/mol. The fourth-order valence-corrected chi connectivity index (χ4v) is 4.17. The van der Waals surface area contributed by atoms with E-state index in [9.17, 15) is 13.2 Å². The van der Waals surface area contributed by atoms with Crippen LogP contribution in [0.4, 0.5) is 5.69 Å². The molecule has 0 bridgehead atoms. The maximum absolute atomic E-state index is 12.7. The maximum atomic E-state index is 12.7. The summed E-state index contributed by atoms with van der Waals surface area (Å²) in [6.07, 6.45) is 2.36. The molecule has 26 heavy (non-hydrogen) atoms. The van der Waals surface area contributed by atoms with E-state index in [1.54, 1.807) is 12.1 Å². The van der Waals surface area contributed by atoms with E-state index in [4.69, 9.17) is 5.11 Å². The van der Waals surface area contributed by atoms with Crippen LogP contribution in [0.25, 0.3) is 10.8 Å². The Kier molecular flexibility index (Phi) is 7.14. The molecule has 0 fully saturated rings. The Morgan fingerprint density at radius 3 is 2.42 bits per heavy atom. The number of nitrogens with zero attached hydrogens (tertiary/aromatic N) is 1. The standard InChI is InChI=1S/C19H26N2O4S/c1-21(2)18-11-6-10-17-16(18)9-7-12-19(17)26(24,25)20-13-5-3-4-8-15(23)14-22/h6-7,9-12,20,22H,3-5,8,13-14H2,1-2H3. The second-order valence-electron chi connectivity index (χ2n) is 6.43. The normalized spacial score (nSPS) is 11.7. The minimum Gasteiger partial charge on any atom is -0.389 e. The minimum atomic E-state index is -3.61. The van der Waals surface area contributed by atoms with Crippen molar-refractivity contribution in [3.63, 3.8) is 0 Å². The molecule has 0 aromatic heterocycles. The molecule has 2 aromatic carbocycles. The molecule has 0 spiro atoms. The summed E-state index contributed by atoms with van der Waals surface area (Å²) in [6, 6.07) is 10.9. The van der Waals surface area contributed by atoms with Crippen molar-refractivity contribution in [3.05, 3.63) is 36.4 Å². The number of hydrogen-bond donors (Lipinski definition) is 2. The highest BCUT2D eigenvalue weighted by Crippen LogP contribution is 2.30. The van der Waals surface area contributed by atoms with E-state index in [0.717, 1.165) is 17.5 Å². The van der Waals surface area contributed by atoms with Gasteiger partial charge in [-0.3, -0.25) is 4.79 Å². The number of hydrogen-bond acceptors (Lipinski definition) is 5. The number of aliphatic hydroxyl groups excluding tert-OH is 1. The third-order valence-electron chi connectivity index (χ3n) is 4.23. The number of benzene rings is 2. The molecule has 0 amide bonds. The third kappa shape index (κ3) is 5.03. The number of anilines is 1. The van der Waals surface area contributed by atoms with Gasteiger partial charge in [0.15, 0.2) is 5.78 Å². The number of carbonyl (C=O) groups excluding carboxylic acids is 1. The van der Waals surface area contributed by atoms with Crippen molar-refractivity contribution in [2.45, 2.75) is 30.6 Å². The molecule has 142 valence electrons. The van der Waals surface area contributed by atoms with Gasteiger partial charge in [0.2, 0.25) is 10.0 Å². The Balaban J connectivity index is 2.07. The van der Waals surface area contributed by atoms with Gasteiger partial charge in [-0.05, 0) is 25.0 Å². The van der Waals surface area contributed by atoms with Crippen LogP contribution in [0.2, 0.25) is 0 Å². The predicted octanol–water partition coefficient (Wildman–Crippen LogP) is 2.31. The predicted molar refractivity (Wildman–Crippen MR) is 104 cm³/mol. The summed E-state index contributed by atoms with van der Waals surface area (Å²) in [7, 11) is 0.240. The number of Topliss-reactive ketones (excluding diaryl/α,β-unsaturated/α-hetero) is 1. The first-order chi connectivity index (χ1) is 12.4. The van der Waals surface area contributed by atoms with Crippen molar-refractivity contribution in [2.24, 2.45) is 0 Å². The molecule has 0 aliphatic carbocycles. The summed E-state index contributed by atoms with van der Waals surface area (Å²) >= 11 is 0. The first kappa shape index (κ1) is 20.4. The second kappa shape index (κ2) is 9.12. The molecular formula is C19H26N2O4S. The van der Waals surface area contributed by atoms with E-state index in [2.05, 4.69) is 4.72 Å². The SMILES string of the molecule is CN(C)c1cccc2c(S(=O)(=O)NCCCCCC(=O)CO)cccc12. The van der Waals surface area contributed by atoms with Gasteiger partial charge in [-0.1, -0.05) is 30.7 Å². The lowest BCUT2D eigenvalue weighted by Gasteiger charge is -2.17. The van der Waals surface area contributed by atoms with Gasteiger partial charge >= 0.3 is 0 Å². The Labute approximate surface area is 154 Å². The molecule has 0 unspecified atom stereocenters. The van der Waals surface area contributed by atoms with Crippen molar-refractivity contribution < 1.29 is 18.3 Å². The number of aliphatic hydroxyl groups is 1. The summed E-state index contributed by atoms with van der Waals surface area (Å²) < 4.78 is 28.0. The summed E-state index contributed by atoms with van der Waals surface area (Å²) in [5.41, 5.74) is 0.966. The van der Waals surface area contributed by atoms with E-state index >= 15 is 0 Å². The Morgan fingerprint density at radius 2 is 1.73 bits per heavy atom. The molecule has 2 N–H and O–H groups in total. The monoisotopic (exact) mass is 378 g/mol. The van der Waals surface area contributed by atoms with Crippen molar-refractivity contribution in [3.8, 4) is 0 Å². The van der Waals surface area contributed by atoms with Gasteiger partial charge in [0.05, 0.1) is 4.90 Å². The van der Waals surface area contributed by atoms with Crippen LogP contribution in [0.3, 0.4) is 0 Å². The van der Waals surface area contributed by atoms with E-state index in [1.807, 2.05) is 43.3 Å². The van der Waals surface area contributed by atoms with Gasteiger partial charge in [0.25, 0.3) is 0 Å². The lowest BCUT2D eigenvalue weighted by atomic mass is 10.1. The zero-order chi connectivity index (χ0) is 19.2. The van der Waals surface area contributed by atoms with Crippen LogP contribution in [-0.4, -0.2) is 46.6 Å². The molecule has 6 nitrogen and oxygen atoms in total. The van der Waals surface area contributed by atoms with Crippen molar-refractivity contribution >= 4 is 32.3 Å². The van der Waals surface area contributed by atoms with E-state index in [0.29, 0.717) is 31.2 Å². The zero-order valence-electron chi connectivity index (χ0n) is 15.2. The van der Waals surface area contributed by atoms with Crippen LogP contribution in [-0.2, 0) is 14.8 Å². The van der Waals surface area contributed by atoms with Gasteiger partial charge in [-0.2, -0.15) is 0 Å². The Morgan fingerprint density at radius 1 is 1.04 bits per heavy atom. The number of carbonyl (C=O) groups is 1. The smallest absolute Gasteiger partial charge is 0.241 e. The molecule has 0 aliphatic rings. The quantitative estimate of drug-likeness (QED) is 0.620. The van der Waals surface area contributed by atoms with Crippen LogP contribution >= 0.6 is 0 Å². The van der Waals surface area contributed by atoms with E-state index < -0.39 is 16.6 Å². The molecule has 0 atom stereocenters. The van der Waals surface area contributed by atoms with Crippen LogP contribution in [0, 0.1) is 0 Å². The summed E-state index contributed by atoms with van der Waals surface area (Å²) in [5.74, 6) is -0.182. The minimum absolute atomic E-state index is 0.182. The van der Waals surface area contributed by atoms with Gasteiger partial charge in [0, 0.05) is 43.5 Å². The van der Waals surface area contributed by atoms with Gasteiger partial charge in [0.1, 0.15) is 6.61 Å². The average Bonchev–Trinajstić information content (AvgIpc) is 2.63. The van der Waals surface area contributed by atoms with Crippen LogP contribution in [0.15, 0.2) is 41.3 Å². The van der Waals surface area contributed by atoms with Crippen molar-refractivity contribution in [1.29, 1.82) is 0 Å². The van der Waals surface area contributed by atoms with E-state index in [1.165, 1.54) is 0 Å². The number of ketones is 1. The fraction of sp³-hybridized carbons (Fsp3) is 0.421. The highest BCUT2D eigenvalue weighted by atomic mass is 32.2. The lowest BCUT2D eigenvalue weighted by molar-refractivity contribution is -0.121. The average molecular weight is 378 g/mol. The molecule has 0 radical (unpaired) electrons. The van der Waals surface area contributed by atoms with Crippen LogP contribution in [0.5, 0.6) is 0 Å². The molecule has 7 heteroatoms. The summed E-state index contributed by atoms with van der Waals surface area (Å²) in [6.45, 7) is -0.109. The number of sulfonamides is 1. The Bertz CT molecular complexity index is 863. The number of nitrogens with one attached hydrogen (secondary N) is 1. The molecule has 0 aliphatic heterocycles. The van der Waals surface area contributed by atoms with Gasteiger partial charge < -0.3 is 10.0 Å². The Hall–Kier alpha value is -1.96. The maximum Gasteiger partial charge on any atom is 0.241 e. The van der Waals surface area contributed by atoms with Gasteiger partial charge in [-0.15, -0.1) is 0 Å². The van der Waals surface area contributed by atoms with Crippen molar-refractivity contribution in [1.82, 2.24) is 4.72 Å². The van der Waals surface area contributed by atoms with E-state index in [-0.39, 0.29) is 10.7 Å².